The van der Waals surface area contributed by atoms with Crippen LogP contribution in [0.1, 0.15) is 34.3 Å². The van der Waals surface area contributed by atoms with Gasteiger partial charge in [0, 0.05) is 13.1 Å². The number of nitrogens with one attached hydrogen (secondary N) is 2. The van der Waals surface area contributed by atoms with Gasteiger partial charge in [-0.1, -0.05) is 42.0 Å². The Hall–Kier alpha value is -2.70. The molecule has 1 atom stereocenters. The average molecular weight is 381 g/mol. The van der Waals surface area contributed by atoms with E-state index in [1.165, 1.54) is 5.56 Å². The van der Waals surface area contributed by atoms with Crippen molar-refractivity contribution in [2.75, 3.05) is 25.0 Å². The standard InChI is InChI=1S/C22H27N3O3/c1-16-8-10-17(11-9-16)13-23-22(28)19-6-2-3-7-20(19)24-21(27)15-25-12-4-5-18(26)14-25/h2-3,6-11,18,26H,4-5,12-15H2,1H3,(H,23,28)(H,24,27). The molecule has 0 spiro atoms. The SMILES string of the molecule is Cc1ccc(CNC(=O)c2ccccc2NC(=O)CN2CCCC(O)C2)cc1. The highest BCUT2D eigenvalue weighted by Gasteiger charge is 2.20. The summed E-state index contributed by atoms with van der Waals surface area (Å²) in [6.07, 6.45) is 1.29. The zero-order chi connectivity index (χ0) is 19.9. The molecule has 6 nitrogen and oxygen atoms in total. The number of piperidine rings is 1. The molecule has 6 heteroatoms. The summed E-state index contributed by atoms with van der Waals surface area (Å²) < 4.78 is 0. The molecule has 0 aromatic heterocycles. The van der Waals surface area contributed by atoms with Crippen LogP contribution in [0.3, 0.4) is 0 Å². The molecule has 1 aliphatic rings. The van der Waals surface area contributed by atoms with Crippen molar-refractivity contribution >= 4 is 17.5 Å². The fourth-order valence-corrected chi connectivity index (χ4v) is 3.34. The first kappa shape index (κ1) is 20.0. The lowest BCUT2D eigenvalue weighted by atomic mass is 10.1. The van der Waals surface area contributed by atoms with Gasteiger partial charge >= 0.3 is 0 Å². The Morgan fingerprint density at radius 3 is 2.64 bits per heavy atom. The minimum absolute atomic E-state index is 0.187. The van der Waals surface area contributed by atoms with E-state index >= 15 is 0 Å². The van der Waals surface area contributed by atoms with Gasteiger partial charge in [0.1, 0.15) is 0 Å². The number of carbonyl (C=O) groups excluding carboxylic acids is 2. The maximum absolute atomic E-state index is 12.6. The number of aliphatic hydroxyl groups is 1. The predicted molar refractivity (Wildman–Crippen MR) is 109 cm³/mol. The summed E-state index contributed by atoms with van der Waals surface area (Å²) in [5, 5.41) is 15.5. The molecule has 1 heterocycles. The van der Waals surface area contributed by atoms with Crippen LogP contribution in [0.15, 0.2) is 48.5 Å². The van der Waals surface area contributed by atoms with E-state index in [1.807, 2.05) is 36.1 Å². The molecule has 0 saturated carbocycles. The molecule has 0 radical (unpaired) electrons. The Bertz CT molecular complexity index is 820. The zero-order valence-corrected chi connectivity index (χ0v) is 16.1. The van der Waals surface area contributed by atoms with Gasteiger partial charge in [-0.15, -0.1) is 0 Å². The highest BCUT2D eigenvalue weighted by atomic mass is 16.3. The molecule has 2 amide bonds. The number of para-hydroxylation sites is 1. The van der Waals surface area contributed by atoms with Crippen LogP contribution < -0.4 is 10.6 Å². The largest absolute Gasteiger partial charge is 0.392 e. The van der Waals surface area contributed by atoms with E-state index < -0.39 is 0 Å². The van der Waals surface area contributed by atoms with Crippen LogP contribution in [0, 0.1) is 6.92 Å². The zero-order valence-electron chi connectivity index (χ0n) is 16.1. The summed E-state index contributed by atoms with van der Waals surface area (Å²) in [4.78, 5) is 27.0. The third-order valence-corrected chi connectivity index (χ3v) is 4.87. The lowest BCUT2D eigenvalue weighted by molar-refractivity contribution is -0.118. The van der Waals surface area contributed by atoms with Gasteiger partial charge in [-0.2, -0.15) is 0 Å². The Morgan fingerprint density at radius 1 is 1.14 bits per heavy atom. The molecule has 1 aliphatic heterocycles. The maximum atomic E-state index is 12.6. The van der Waals surface area contributed by atoms with Gasteiger partial charge in [-0.05, 0) is 44.0 Å². The molecular weight excluding hydrogens is 354 g/mol. The highest BCUT2D eigenvalue weighted by Crippen LogP contribution is 2.16. The van der Waals surface area contributed by atoms with E-state index in [4.69, 9.17) is 0 Å². The van der Waals surface area contributed by atoms with Crippen molar-refractivity contribution in [3.05, 3.63) is 65.2 Å². The third-order valence-electron chi connectivity index (χ3n) is 4.87. The van der Waals surface area contributed by atoms with E-state index in [2.05, 4.69) is 10.6 Å². The van der Waals surface area contributed by atoms with Crippen molar-refractivity contribution in [1.29, 1.82) is 0 Å². The van der Waals surface area contributed by atoms with Crippen molar-refractivity contribution in [2.45, 2.75) is 32.4 Å². The molecule has 2 aromatic carbocycles. The van der Waals surface area contributed by atoms with Crippen molar-refractivity contribution in [3.8, 4) is 0 Å². The molecule has 2 aromatic rings. The molecule has 3 N–H and O–H groups in total. The number of hydrogen-bond donors (Lipinski definition) is 3. The number of aryl methyl sites for hydroxylation is 1. The first-order chi connectivity index (χ1) is 13.5. The number of anilines is 1. The molecule has 28 heavy (non-hydrogen) atoms. The van der Waals surface area contributed by atoms with Gasteiger partial charge in [0.05, 0.1) is 23.9 Å². The van der Waals surface area contributed by atoms with E-state index in [1.54, 1.807) is 24.3 Å². The van der Waals surface area contributed by atoms with Crippen molar-refractivity contribution < 1.29 is 14.7 Å². The quantitative estimate of drug-likeness (QED) is 0.717. The highest BCUT2D eigenvalue weighted by molar-refractivity contribution is 6.04. The number of β-amino-alcohol motifs (C(OH)–C–C–N with tert-alkyl or cyclic N) is 1. The smallest absolute Gasteiger partial charge is 0.253 e. The second kappa shape index (κ2) is 9.48. The van der Waals surface area contributed by atoms with Crippen molar-refractivity contribution in [3.63, 3.8) is 0 Å². The van der Waals surface area contributed by atoms with Crippen LogP contribution in [0.2, 0.25) is 0 Å². The number of benzene rings is 2. The second-order valence-electron chi connectivity index (χ2n) is 7.29. The molecule has 1 unspecified atom stereocenters. The van der Waals surface area contributed by atoms with Gasteiger partial charge < -0.3 is 15.7 Å². The van der Waals surface area contributed by atoms with Crippen LogP contribution in [0.5, 0.6) is 0 Å². The van der Waals surface area contributed by atoms with Gasteiger partial charge in [-0.3, -0.25) is 14.5 Å². The Labute approximate surface area is 165 Å². The fraction of sp³-hybridized carbons (Fsp3) is 0.364. The fourth-order valence-electron chi connectivity index (χ4n) is 3.34. The number of likely N-dealkylation sites (tertiary alicyclic amines) is 1. The third kappa shape index (κ3) is 5.65. The van der Waals surface area contributed by atoms with Gasteiger partial charge in [-0.25, -0.2) is 0 Å². The summed E-state index contributed by atoms with van der Waals surface area (Å²) in [6.45, 7) is 3.95. The first-order valence-corrected chi connectivity index (χ1v) is 9.64. The summed E-state index contributed by atoms with van der Waals surface area (Å²) >= 11 is 0. The van der Waals surface area contributed by atoms with Crippen molar-refractivity contribution in [1.82, 2.24) is 10.2 Å². The predicted octanol–water partition coefficient (Wildman–Crippen LogP) is 2.32. The number of rotatable bonds is 6. The molecule has 148 valence electrons. The van der Waals surface area contributed by atoms with Crippen LogP contribution in [-0.2, 0) is 11.3 Å². The minimum Gasteiger partial charge on any atom is -0.392 e. The second-order valence-corrected chi connectivity index (χ2v) is 7.29. The number of amides is 2. The number of aliphatic hydroxyl groups excluding tert-OH is 1. The maximum Gasteiger partial charge on any atom is 0.253 e. The summed E-state index contributed by atoms with van der Waals surface area (Å²) in [5.74, 6) is -0.419. The lowest BCUT2D eigenvalue weighted by Gasteiger charge is -2.29. The molecule has 1 saturated heterocycles. The number of carbonyl (C=O) groups is 2. The summed E-state index contributed by atoms with van der Waals surface area (Å²) in [5.41, 5.74) is 3.11. The Morgan fingerprint density at radius 2 is 1.89 bits per heavy atom. The monoisotopic (exact) mass is 381 g/mol. The normalized spacial score (nSPS) is 17.1. The molecule has 0 aliphatic carbocycles. The van der Waals surface area contributed by atoms with Crippen LogP contribution >= 0.6 is 0 Å². The topological polar surface area (TPSA) is 81.7 Å². The minimum atomic E-state index is -0.374. The van der Waals surface area contributed by atoms with Crippen LogP contribution in [0.25, 0.3) is 0 Å². The van der Waals surface area contributed by atoms with Crippen LogP contribution in [0.4, 0.5) is 5.69 Å². The van der Waals surface area contributed by atoms with Gasteiger partial charge in [0.25, 0.3) is 5.91 Å². The summed E-state index contributed by atoms with van der Waals surface area (Å²) in [7, 11) is 0. The molecular formula is C22H27N3O3. The van der Waals surface area contributed by atoms with E-state index in [-0.39, 0.29) is 24.5 Å². The van der Waals surface area contributed by atoms with Crippen molar-refractivity contribution in [2.24, 2.45) is 0 Å². The van der Waals surface area contributed by atoms with E-state index in [0.717, 1.165) is 24.9 Å². The van der Waals surface area contributed by atoms with Gasteiger partial charge in [0.2, 0.25) is 5.91 Å². The Balaban J connectivity index is 1.59. The molecule has 3 rings (SSSR count). The summed E-state index contributed by atoms with van der Waals surface area (Å²) in [6, 6.07) is 15.0. The number of nitrogens with zero attached hydrogens (tertiary/aromatic N) is 1. The van der Waals surface area contributed by atoms with Gasteiger partial charge in [0.15, 0.2) is 0 Å². The molecule has 1 fully saturated rings. The Kier molecular flexibility index (Phi) is 6.79. The van der Waals surface area contributed by atoms with E-state index in [9.17, 15) is 14.7 Å². The number of hydrogen-bond acceptors (Lipinski definition) is 4. The lowest BCUT2D eigenvalue weighted by Crippen LogP contribution is -2.42. The first-order valence-electron chi connectivity index (χ1n) is 9.64. The van der Waals surface area contributed by atoms with E-state index in [0.29, 0.717) is 24.3 Å². The van der Waals surface area contributed by atoms with Crippen LogP contribution in [-0.4, -0.2) is 47.6 Å². The molecule has 0 bridgehead atoms. The average Bonchev–Trinajstić information content (AvgIpc) is 2.67.